The van der Waals surface area contributed by atoms with Crippen LogP contribution in [-0.4, -0.2) is 42.2 Å². The molecule has 7 heteroatoms. The van der Waals surface area contributed by atoms with Gasteiger partial charge in [0, 0.05) is 30.9 Å². The lowest BCUT2D eigenvalue weighted by Crippen LogP contribution is -2.47. The molecule has 106 valence electrons. The molecule has 0 bridgehead atoms. The van der Waals surface area contributed by atoms with E-state index >= 15 is 0 Å². The smallest absolute Gasteiger partial charge is 0.306 e. The number of alkyl halides is 2. The minimum absolute atomic E-state index is 0.325. The summed E-state index contributed by atoms with van der Waals surface area (Å²) in [6, 6.07) is 0.325. The van der Waals surface area contributed by atoms with Crippen LogP contribution in [0.25, 0.3) is 0 Å². The van der Waals surface area contributed by atoms with Crippen LogP contribution in [0.4, 0.5) is 0 Å². The predicted octanol–water partition coefficient (Wildman–Crippen LogP) is 3.05. The van der Waals surface area contributed by atoms with Crippen LogP contribution < -0.4 is 5.09 Å². The molecule has 1 heterocycles. The highest BCUT2D eigenvalue weighted by atomic mass is 35.5. The van der Waals surface area contributed by atoms with Crippen LogP contribution in [0.15, 0.2) is 0 Å². The van der Waals surface area contributed by atoms with Crippen molar-refractivity contribution in [3.8, 4) is 0 Å². The molecule has 0 spiro atoms. The van der Waals surface area contributed by atoms with Crippen LogP contribution in [0.2, 0.25) is 0 Å². The monoisotopic (exact) mass is 314 g/mol. The Morgan fingerprint density at radius 3 is 2.56 bits per heavy atom. The Balaban J connectivity index is 2.03. The van der Waals surface area contributed by atoms with Gasteiger partial charge in [0.2, 0.25) is 0 Å². The number of hydrogen-bond donors (Lipinski definition) is 1. The summed E-state index contributed by atoms with van der Waals surface area (Å²) in [4.78, 5) is 0. The summed E-state index contributed by atoms with van der Waals surface area (Å²) in [5.74, 6) is 1.37. The fourth-order valence-electron chi connectivity index (χ4n) is 2.75. The minimum Gasteiger partial charge on any atom is -0.306 e. The zero-order chi connectivity index (χ0) is 13.0. The highest BCUT2D eigenvalue weighted by Gasteiger charge is 2.42. The molecule has 1 saturated carbocycles. The topological polar surface area (TPSA) is 41.6 Å². The van der Waals surface area contributed by atoms with Crippen molar-refractivity contribution in [2.24, 2.45) is 5.92 Å². The average molecular weight is 315 g/mol. The molecule has 1 aliphatic carbocycles. The van der Waals surface area contributed by atoms with Crippen LogP contribution in [0.3, 0.4) is 0 Å². The Hall–Kier alpha value is 0.690. The molecule has 0 radical (unpaired) electrons. The van der Waals surface area contributed by atoms with E-state index in [1.807, 2.05) is 0 Å². The first-order chi connectivity index (χ1) is 8.69. The summed E-state index contributed by atoms with van der Waals surface area (Å²) in [5.41, 5.74) is 0. The van der Waals surface area contributed by atoms with Gasteiger partial charge in [-0.2, -0.15) is 0 Å². The van der Waals surface area contributed by atoms with E-state index in [9.17, 15) is 4.57 Å². The fraction of sp³-hybridized carbons (Fsp3) is 1.00. The molecule has 1 saturated heterocycles. The van der Waals surface area contributed by atoms with Gasteiger partial charge in [0.1, 0.15) is 0 Å². The maximum atomic E-state index is 12.8. The van der Waals surface area contributed by atoms with Crippen molar-refractivity contribution >= 4 is 30.9 Å². The summed E-state index contributed by atoms with van der Waals surface area (Å²) < 4.78 is 20.3. The van der Waals surface area contributed by atoms with Gasteiger partial charge in [0.05, 0.1) is 6.61 Å². The molecule has 4 nitrogen and oxygen atoms in total. The van der Waals surface area contributed by atoms with Crippen molar-refractivity contribution < 1.29 is 9.09 Å². The second kappa shape index (κ2) is 6.92. The van der Waals surface area contributed by atoms with E-state index in [0.717, 1.165) is 6.42 Å². The third-order valence-corrected chi connectivity index (χ3v) is 6.40. The number of fused-ring (bicyclic) bond motifs is 1. The van der Waals surface area contributed by atoms with Crippen LogP contribution in [0, 0.1) is 5.92 Å². The molecule has 2 aliphatic rings. The Morgan fingerprint density at radius 1 is 1.22 bits per heavy atom. The predicted molar refractivity (Wildman–Crippen MR) is 75.5 cm³/mol. The molecule has 0 aromatic rings. The van der Waals surface area contributed by atoms with Gasteiger partial charge < -0.3 is 4.52 Å². The Kier molecular flexibility index (Phi) is 5.80. The van der Waals surface area contributed by atoms with Gasteiger partial charge in [0.15, 0.2) is 0 Å². The first-order valence-corrected chi connectivity index (χ1v) is 9.24. The second-order valence-electron chi connectivity index (χ2n) is 4.93. The lowest BCUT2D eigenvalue weighted by atomic mass is 9.86. The van der Waals surface area contributed by atoms with Crippen LogP contribution in [0.1, 0.15) is 25.7 Å². The largest absolute Gasteiger partial charge is 0.343 e. The molecule has 0 amide bonds. The summed E-state index contributed by atoms with van der Waals surface area (Å²) in [5, 5.41) is 3.24. The Bertz CT molecular complexity index is 313. The summed E-state index contributed by atoms with van der Waals surface area (Å²) in [6.07, 6.45) is 4.72. The third kappa shape index (κ3) is 3.41. The minimum atomic E-state index is -2.93. The number of rotatable bonds is 5. The number of nitrogens with one attached hydrogen (secondary N) is 1. The van der Waals surface area contributed by atoms with Gasteiger partial charge in [-0.15, -0.1) is 23.2 Å². The van der Waals surface area contributed by atoms with Gasteiger partial charge in [-0.1, -0.05) is 12.8 Å². The van der Waals surface area contributed by atoms with Crippen molar-refractivity contribution in [3.05, 3.63) is 0 Å². The lowest BCUT2D eigenvalue weighted by Gasteiger charge is -2.43. The molecule has 1 aliphatic heterocycles. The maximum Gasteiger partial charge on any atom is 0.343 e. The van der Waals surface area contributed by atoms with Gasteiger partial charge in [-0.05, 0) is 18.8 Å². The highest BCUT2D eigenvalue weighted by molar-refractivity contribution is 7.54. The molecule has 0 aromatic carbocycles. The molecule has 2 fully saturated rings. The van der Waals surface area contributed by atoms with Gasteiger partial charge in [-0.25, -0.2) is 9.76 Å². The summed E-state index contributed by atoms with van der Waals surface area (Å²) in [7, 11) is -2.93. The zero-order valence-corrected chi connectivity index (χ0v) is 12.9. The molecule has 1 unspecified atom stereocenters. The standard InChI is InChI=1S/C11H21Cl2N2O2P/c12-5-7-15(8-6-13)18(16)14-11-4-2-1-3-10(11)9-17-18/h10-11H,1-9H2,(H,14,16)/t10-,11+,18?/m0/s1. The van der Waals surface area contributed by atoms with E-state index in [4.69, 9.17) is 27.7 Å². The molecular formula is C11H21Cl2N2O2P. The van der Waals surface area contributed by atoms with Crippen molar-refractivity contribution in [2.45, 2.75) is 31.7 Å². The van der Waals surface area contributed by atoms with E-state index in [0.29, 0.717) is 43.4 Å². The normalized spacial score (nSPS) is 36.6. The first kappa shape index (κ1) is 15.1. The van der Waals surface area contributed by atoms with Crippen molar-refractivity contribution in [2.75, 3.05) is 31.5 Å². The van der Waals surface area contributed by atoms with Crippen molar-refractivity contribution in [1.82, 2.24) is 9.76 Å². The summed E-state index contributed by atoms with van der Waals surface area (Å²) in [6.45, 7) is 1.67. The molecule has 1 N–H and O–H groups in total. The quantitative estimate of drug-likeness (QED) is 0.625. The number of hydrogen-bond acceptors (Lipinski definition) is 2. The van der Waals surface area contributed by atoms with Crippen LogP contribution in [0.5, 0.6) is 0 Å². The number of nitrogens with zero attached hydrogens (tertiary/aromatic N) is 1. The van der Waals surface area contributed by atoms with E-state index in [-0.39, 0.29) is 0 Å². The Labute approximate surface area is 119 Å². The Morgan fingerprint density at radius 2 is 1.89 bits per heavy atom. The molecule has 0 aromatic heterocycles. The lowest BCUT2D eigenvalue weighted by molar-refractivity contribution is 0.126. The number of halogens is 2. The fourth-order valence-corrected chi connectivity index (χ4v) is 5.68. The van der Waals surface area contributed by atoms with Gasteiger partial charge in [0.25, 0.3) is 0 Å². The third-order valence-electron chi connectivity index (χ3n) is 3.76. The molecular weight excluding hydrogens is 294 g/mol. The van der Waals surface area contributed by atoms with Crippen molar-refractivity contribution in [3.63, 3.8) is 0 Å². The van der Waals surface area contributed by atoms with Crippen LogP contribution >= 0.6 is 30.9 Å². The zero-order valence-electron chi connectivity index (χ0n) is 10.5. The average Bonchev–Trinajstić information content (AvgIpc) is 2.38. The second-order valence-corrected chi connectivity index (χ2v) is 7.81. The van der Waals surface area contributed by atoms with Gasteiger partial charge in [-0.3, -0.25) is 4.57 Å². The van der Waals surface area contributed by atoms with Crippen molar-refractivity contribution in [1.29, 1.82) is 0 Å². The van der Waals surface area contributed by atoms with E-state index in [2.05, 4.69) is 5.09 Å². The molecule has 3 atom stereocenters. The SMILES string of the molecule is O=P1(N(CCCl)CCCl)N[C@@H]2CCCC[C@H]2CO1. The van der Waals surface area contributed by atoms with Crippen LogP contribution in [-0.2, 0) is 9.09 Å². The van der Waals surface area contributed by atoms with Gasteiger partial charge >= 0.3 is 7.67 Å². The highest BCUT2D eigenvalue weighted by Crippen LogP contribution is 2.52. The molecule has 2 rings (SSSR count). The van der Waals surface area contributed by atoms with E-state index < -0.39 is 7.67 Å². The summed E-state index contributed by atoms with van der Waals surface area (Å²) >= 11 is 11.5. The maximum absolute atomic E-state index is 12.8. The van der Waals surface area contributed by atoms with E-state index in [1.54, 1.807) is 4.67 Å². The molecule has 18 heavy (non-hydrogen) atoms. The first-order valence-electron chi connectivity index (χ1n) is 6.59. The van der Waals surface area contributed by atoms with E-state index in [1.165, 1.54) is 19.3 Å².